The van der Waals surface area contributed by atoms with E-state index in [-0.39, 0.29) is 17.2 Å². The van der Waals surface area contributed by atoms with Gasteiger partial charge in [0.1, 0.15) is 11.9 Å². The molecular formula is C8H6N2O3. The number of pyridine rings is 1. The van der Waals surface area contributed by atoms with E-state index >= 15 is 0 Å². The number of allylic oxidation sites excluding steroid dienone is 1. The summed E-state index contributed by atoms with van der Waals surface area (Å²) in [5.41, 5.74) is 0.0150. The van der Waals surface area contributed by atoms with Gasteiger partial charge in [-0.15, -0.1) is 0 Å². The van der Waals surface area contributed by atoms with Gasteiger partial charge in [-0.2, -0.15) is 0 Å². The Bertz CT molecular complexity index is 356. The van der Waals surface area contributed by atoms with Gasteiger partial charge >= 0.3 is 0 Å². The molecule has 0 unspecified atom stereocenters. The average molecular weight is 178 g/mol. The molecule has 0 saturated heterocycles. The molecule has 0 aliphatic heterocycles. The maximum absolute atomic E-state index is 10.9. The Hall–Kier alpha value is -2.04. The molecule has 1 heterocycles. The Labute approximate surface area is 73.9 Å². The topological polar surface area (TPSA) is 73.1 Å². The number of hydrogen-bond acceptors (Lipinski definition) is 4. The van der Waals surface area contributed by atoms with Gasteiger partial charge in [0.2, 0.25) is 5.78 Å². The fourth-order valence-electron chi connectivity index (χ4n) is 0.744. The fourth-order valence-corrected chi connectivity index (χ4v) is 0.744. The second kappa shape index (κ2) is 3.57. The van der Waals surface area contributed by atoms with Gasteiger partial charge in [-0.25, -0.2) is 4.98 Å². The number of nitro groups is 1. The summed E-state index contributed by atoms with van der Waals surface area (Å²) in [6.07, 6.45) is 2.14. The normalized spacial score (nSPS) is 9.23. The van der Waals surface area contributed by atoms with Gasteiger partial charge < -0.3 is 0 Å². The second-order valence-electron chi connectivity index (χ2n) is 2.23. The highest BCUT2D eigenvalue weighted by atomic mass is 16.6. The van der Waals surface area contributed by atoms with Crippen molar-refractivity contribution in [2.24, 2.45) is 0 Å². The molecule has 0 amide bonds. The third-order valence-corrected chi connectivity index (χ3v) is 1.40. The lowest BCUT2D eigenvalue weighted by Gasteiger charge is -1.93. The van der Waals surface area contributed by atoms with E-state index in [4.69, 9.17) is 0 Å². The maximum atomic E-state index is 10.9. The number of carbonyl (C=O) groups excluding carboxylic acids is 1. The molecule has 1 rings (SSSR count). The molecule has 0 N–H and O–H groups in total. The molecule has 0 atom stereocenters. The van der Waals surface area contributed by atoms with Crippen LogP contribution in [-0.4, -0.2) is 15.7 Å². The van der Waals surface area contributed by atoms with E-state index in [1.54, 1.807) is 0 Å². The van der Waals surface area contributed by atoms with Crippen LogP contribution in [0.1, 0.15) is 10.5 Å². The molecule has 0 spiro atoms. The molecule has 0 saturated carbocycles. The molecule has 0 radical (unpaired) electrons. The third kappa shape index (κ3) is 1.96. The lowest BCUT2D eigenvalue weighted by Crippen LogP contribution is -1.98. The fraction of sp³-hybridized carbons (Fsp3) is 0. The first kappa shape index (κ1) is 9.05. The summed E-state index contributed by atoms with van der Waals surface area (Å²) in [6, 6.07) is 2.52. The van der Waals surface area contributed by atoms with Gasteiger partial charge in [0.15, 0.2) is 0 Å². The number of ketones is 1. The van der Waals surface area contributed by atoms with Crippen molar-refractivity contribution < 1.29 is 9.72 Å². The molecule has 0 aliphatic carbocycles. The lowest BCUT2D eigenvalue weighted by molar-refractivity contribution is -0.385. The molecule has 0 bridgehead atoms. The Morgan fingerprint density at radius 2 is 2.31 bits per heavy atom. The van der Waals surface area contributed by atoms with E-state index in [0.717, 1.165) is 12.3 Å². The van der Waals surface area contributed by atoms with Crippen LogP contribution in [0, 0.1) is 10.1 Å². The molecule has 5 heteroatoms. The third-order valence-electron chi connectivity index (χ3n) is 1.40. The Morgan fingerprint density at radius 1 is 1.62 bits per heavy atom. The Kier molecular flexibility index (Phi) is 2.49. The molecule has 1 aromatic heterocycles. The van der Waals surface area contributed by atoms with Crippen LogP contribution in [0.2, 0.25) is 0 Å². The van der Waals surface area contributed by atoms with E-state index in [1.165, 1.54) is 12.1 Å². The SMILES string of the molecule is C=CC(=O)c1ccc([N+](=O)[O-])cn1. The maximum Gasteiger partial charge on any atom is 0.287 e. The first-order chi connectivity index (χ1) is 6.15. The lowest BCUT2D eigenvalue weighted by atomic mass is 10.2. The van der Waals surface area contributed by atoms with E-state index in [1.807, 2.05) is 0 Å². The summed E-state index contributed by atoms with van der Waals surface area (Å²) < 4.78 is 0. The summed E-state index contributed by atoms with van der Waals surface area (Å²) in [5, 5.41) is 10.2. The van der Waals surface area contributed by atoms with Gasteiger partial charge in [-0.3, -0.25) is 14.9 Å². The standard InChI is InChI=1S/C8H6N2O3/c1-2-8(11)7-4-3-6(5-9-7)10(12)13/h2-5H,1H2. The van der Waals surface area contributed by atoms with Crippen molar-refractivity contribution in [3.8, 4) is 0 Å². The summed E-state index contributed by atoms with van der Waals surface area (Å²) in [5.74, 6) is -0.352. The number of carbonyl (C=O) groups is 1. The molecule has 5 nitrogen and oxygen atoms in total. The van der Waals surface area contributed by atoms with E-state index in [9.17, 15) is 14.9 Å². The predicted molar refractivity (Wildman–Crippen MR) is 45.4 cm³/mol. The Morgan fingerprint density at radius 3 is 2.69 bits per heavy atom. The highest BCUT2D eigenvalue weighted by molar-refractivity contribution is 6.02. The van der Waals surface area contributed by atoms with Crippen LogP contribution in [0.15, 0.2) is 31.0 Å². The van der Waals surface area contributed by atoms with E-state index in [0.29, 0.717) is 0 Å². The first-order valence-electron chi connectivity index (χ1n) is 3.42. The monoisotopic (exact) mass is 178 g/mol. The number of rotatable bonds is 3. The molecule has 66 valence electrons. The zero-order valence-electron chi connectivity index (χ0n) is 6.64. The van der Waals surface area contributed by atoms with Crippen LogP contribution >= 0.6 is 0 Å². The largest absolute Gasteiger partial charge is 0.288 e. The molecule has 0 aliphatic rings. The van der Waals surface area contributed by atoms with Crippen molar-refractivity contribution in [3.05, 3.63) is 46.8 Å². The predicted octanol–water partition coefficient (Wildman–Crippen LogP) is 1.36. The zero-order valence-corrected chi connectivity index (χ0v) is 6.64. The summed E-state index contributed by atoms with van der Waals surface area (Å²) >= 11 is 0. The summed E-state index contributed by atoms with van der Waals surface area (Å²) in [4.78, 5) is 24.2. The van der Waals surface area contributed by atoms with Crippen molar-refractivity contribution in [2.75, 3.05) is 0 Å². The minimum absolute atomic E-state index is 0.138. The number of hydrogen-bond donors (Lipinski definition) is 0. The zero-order chi connectivity index (χ0) is 9.84. The number of aromatic nitrogens is 1. The first-order valence-corrected chi connectivity index (χ1v) is 3.42. The van der Waals surface area contributed by atoms with Crippen LogP contribution in [0.4, 0.5) is 5.69 Å². The van der Waals surface area contributed by atoms with Crippen molar-refractivity contribution in [3.63, 3.8) is 0 Å². The molecule has 13 heavy (non-hydrogen) atoms. The molecule has 0 fully saturated rings. The van der Waals surface area contributed by atoms with Crippen molar-refractivity contribution in [2.45, 2.75) is 0 Å². The van der Waals surface area contributed by atoms with Crippen molar-refractivity contribution >= 4 is 11.5 Å². The Balaban J connectivity index is 3.00. The van der Waals surface area contributed by atoms with Crippen LogP contribution in [0.5, 0.6) is 0 Å². The number of nitrogens with zero attached hydrogens (tertiary/aromatic N) is 2. The minimum Gasteiger partial charge on any atom is -0.288 e. The summed E-state index contributed by atoms with van der Waals surface area (Å²) in [6.45, 7) is 3.27. The van der Waals surface area contributed by atoms with Gasteiger partial charge in [-0.05, 0) is 12.1 Å². The molecular weight excluding hydrogens is 172 g/mol. The van der Waals surface area contributed by atoms with E-state index < -0.39 is 4.92 Å². The molecule has 0 aromatic carbocycles. The van der Waals surface area contributed by atoms with Crippen molar-refractivity contribution in [1.29, 1.82) is 0 Å². The quantitative estimate of drug-likeness (QED) is 0.303. The van der Waals surface area contributed by atoms with Gasteiger partial charge in [0.25, 0.3) is 5.69 Å². The van der Waals surface area contributed by atoms with Gasteiger partial charge in [-0.1, -0.05) is 6.58 Å². The van der Waals surface area contributed by atoms with Gasteiger partial charge in [0, 0.05) is 6.07 Å². The highest BCUT2D eigenvalue weighted by Gasteiger charge is 2.07. The smallest absolute Gasteiger partial charge is 0.287 e. The highest BCUT2D eigenvalue weighted by Crippen LogP contribution is 2.08. The second-order valence-corrected chi connectivity index (χ2v) is 2.23. The average Bonchev–Trinajstić information content (AvgIpc) is 2.17. The van der Waals surface area contributed by atoms with Crippen LogP contribution in [0.25, 0.3) is 0 Å². The van der Waals surface area contributed by atoms with Crippen LogP contribution in [0.3, 0.4) is 0 Å². The van der Waals surface area contributed by atoms with Crippen LogP contribution < -0.4 is 0 Å². The van der Waals surface area contributed by atoms with Crippen LogP contribution in [-0.2, 0) is 0 Å². The van der Waals surface area contributed by atoms with Crippen molar-refractivity contribution in [1.82, 2.24) is 4.98 Å². The van der Waals surface area contributed by atoms with Gasteiger partial charge in [0.05, 0.1) is 4.92 Å². The van der Waals surface area contributed by atoms with E-state index in [2.05, 4.69) is 11.6 Å². The minimum atomic E-state index is -0.574. The summed E-state index contributed by atoms with van der Waals surface area (Å²) in [7, 11) is 0. The molecule has 1 aromatic rings.